The average Bonchev–Trinajstić information content (AvgIpc) is 3.26. The number of nitrogens with one attached hydrogen (secondary N) is 1. The lowest BCUT2D eigenvalue weighted by molar-refractivity contribution is -0.123. The molecule has 3 nitrogen and oxygen atoms in total. The first-order valence-electron chi connectivity index (χ1n) is 7.27. The number of rotatable bonds is 7. The van der Waals surface area contributed by atoms with Crippen molar-refractivity contribution in [1.82, 2.24) is 5.32 Å². The van der Waals surface area contributed by atoms with E-state index in [9.17, 15) is 4.79 Å². The fourth-order valence-electron chi connectivity index (χ4n) is 2.62. The number of hydrogen-bond acceptors (Lipinski definition) is 2. The van der Waals surface area contributed by atoms with E-state index in [0.29, 0.717) is 12.5 Å². The van der Waals surface area contributed by atoms with Crippen molar-refractivity contribution in [2.45, 2.75) is 38.0 Å². The molecule has 0 aromatic heterocycles. The van der Waals surface area contributed by atoms with Crippen LogP contribution in [0, 0.1) is 5.92 Å². The van der Waals surface area contributed by atoms with Gasteiger partial charge in [0.25, 0.3) is 0 Å². The van der Waals surface area contributed by atoms with E-state index in [-0.39, 0.29) is 11.3 Å². The Bertz CT molecular complexity index is 412. The van der Waals surface area contributed by atoms with Gasteiger partial charge in [0.1, 0.15) is 0 Å². The second-order valence-corrected chi connectivity index (χ2v) is 5.51. The van der Waals surface area contributed by atoms with E-state index in [1.807, 2.05) is 18.2 Å². The maximum absolute atomic E-state index is 12.4. The van der Waals surface area contributed by atoms with Crippen molar-refractivity contribution in [1.29, 1.82) is 0 Å². The number of amides is 1. The molecule has 0 aliphatic heterocycles. The summed E-state index contributed by atoms with van der Waals surface area (Å²) in [6.45, 7) is 3.59. The number of hydrogen-bond donors (Lipinski definition) is 2. The van der Waals surface area contributed by atoms with Crippen LogP contribution in [0.15, 0.2) is 30.3 Å². The van der Waals surface area contributed by atoms with Crippen molar-refractivity contribution in [2.24, 2.45) is 11.7 Å². The number of carbonyl (C=O) groups excluding carboxylic acids is 1. The Morgan fingerprint density at radius 3 is 2.58 bits per heavy atom. The summed E-state index contributed by atoms with van der Waals surface area (Å²) >= 11 is 0. The van der Waals surface area contributed by atoms with E-state index in [0.717, 1.165) is 37.8 Å². The molecule has 1 saturated carbocycles. The van der Waals surface area contributed by atoms with E-state index in [4.69, 9.17) is 5.73 Å². The molecule has 0 saturated heterocycles. The van der Waals surface area contributed by atoms with E-state index in [1.54, 1.807) is 0 Å². The Balaban J connectivity index is 1.93. The molecule has 1 fully saturated rings. The zero-order chi connectivity index (χ0) is 13.7. The highest BCUT2D eigenvalue weighted by Gasteiger charge is 2.50. The molecule has 1 aliphatic carbocycles. The topological polar surface area (TPSA) is 55.1 Å². The second-order valence-electron chi connectivity index (χ2n) is 5.51. The molecule has 19 heavy (non-hydrogen) atoms. The lowest BCUT2D eigenvalue weighted by atomic mass is 9.94. The third-order valence-electron chi connectivity index (χ3n) is 4.21. The average molecular weight is 260 g/mol. The third-order valence-corrected chi connectivity index (χ3v) is 4.21. The SMILES string of the molecule is CCC(CCN)CNC(=O)C1(c2ccccc2)CC1. The van der Waals surface area contributed by atoms with E-state index in [2.05, 4.69) is 24.4 Å². The first-order valence-corrected chi connectivity index (χ1v) is 7.27. The standard InChI is InChI=1S/C16H24N2O/c1-2-13(8-11-17)12-18-15(19)16(9-10-16)14-6-4-3-5-7-14/h3-7,13H,2,8-12,17H2,1H3,(H,18,19). The Kier molecular flexibility index (Phi) is 4.59. The van der Waals surface area contributed by atoms with Crippen LogP contribution < -0.4 is 11.1 Å². The predicted octanol–water partition coefficient (Wildman–Crippen LogP) is 2.21. The maximum Gasteiger partial charge on any atom is 0.230 e. The molecular weight excluding hydrogens is 236 g/mol. The Hall–Kier alpha value is -1.35. The van der Waals surface area contributed by atoms with E-state index >= 15 is 0 Å². The number of benzene rings is 1. The summed E-state index contributed by atoms with van der Waals surface area (Å²) in [5.74, 6) is 0.690. The number of nitrogens with two attached hydrogens (primary N) is 1. The Labute approximate surface area is 115 Å². The predicted molar refractivity (Wildman–Crippen MR) is 77.8 cm³/mol. The summed E-state index contributed by atoms with van der Waals surface area (Å²) in [5, 5.41) is 3.13. The minimum absolute atomic E-state index is 0.189. The molecule has 1 aromatic rings. The minimum Gasteiger partial charge on any atom is -0.355 e. The molecule has 1 amide bonds. The lowest BCUT2D eigenvalue weighted by Crippen LogP contribution is -2.38. The Morgan fingerprint density at radius 1 is 1.37 bits per heavy atom. The quantitative estimate of drug-likeness (QED) is 0.789. The molecule has 2 rings (SSSR count). The van der Waals surface area contributed by atoms with Crippen LogP contribution in [0.4, 0.5) is 0 Å². The second kappa shape index (κ2) is 6.20. The summed E-state index contributed by atoms with van der Waals surface area (Å²) in [7, 11) is 0. The van der Waals surface area contributed by atoms with Crippen molar-refractivity contribution in [3.63, 3.8) is 0 Å². The van der Waals surface area contributed by atoms with Gasteiger partial charge in [-0.3, -0.25) is 4.79 Å². The van der Waals surface area contributed by atoms with Gasteiger partial charge < -0.3 is 11.1 Å². The highest BCUT2D eigenvalue weighted by atomic mass is 16.2. The van der Waals surface area contributed by atoms with Gasteiger partial charge in [0.2, 0.25) is 5.91 Å². The zero-order valence-electron chi connectivity index (χ0n) is 11.7. The van der Waals surface area contributed by atoms with Crippen LogP contribution in [0.2, 0.25) is 0 Å². The molecule has 3 heteroatoms. The smallest absolute Gasteiger partial charge is 0.230 e. The summed E-state index contributed by atoms with van der Waals surface area (Å²) in [6, 6.07) is 10.1. The first kappa shape index (κ1) is 14.1. The van der Waals surface area contributed by atoms with Crippen molar-refractivity contribution < 1.29 is 4.79 Å². The molecule has 1 atom stereocenters. The highest BCUT2D eigenvalue weighted by molar-refractivity contribution is 5.91. The van der Waals surface area contributed by atoms with Crippen LogP contribution >= 0.6 is 0 Å². The van der Waals surface area contributed by atoms with Gasteiger partial charge in [-0.05, 0) is 37.3 Å². The molecule has 0 bridgehead atoms. The third kappa shape index (κ3) is 3.16. The maximum atomic E-state index is 12.4. The van der Waals surface area contributed by atoms with E-state index in [1.165, 1.54) is 0 Å². The highest BCUT2D eigenvalue weighted by Crippen LogP contribution is 2.48. The van der Waals surface area contributed by atoms with Crippen LogP contribution in [0.25, 0.3) is 0 Å². The normalized spacial score (nSPS) is 17.8. The van der Waals surface area contributed by atoms with Gasteiger partial charge in [0.15, 0.2) is 0 Å². The molecule has 0 radical (unpaired) electrons. The lowest BCUT2D eigenvalue weighted by Gasteiger charge is -2.19. The van der Waals surface area contributed by atoms with Crippen LogP contribution in [-0.4, -0.2) is 19.0 Å². The monoisotopic (exact) mass is 260 g/mol. The van der Waals surface area contributed by atoms with Crippen LogP contribution in [0.5, 0.6) is 0 Å². The first-order chi connectivity index (χ1) is 9.23. The van der Waals surface area contributed by atoms with Crippen molar-refractivity contribution in [3.05, 3.63) is 35.9 Å². The van der Waals surface area contributed by atoms with Crippen LogP contribution in [0.3, 0.4) is 0 Å². The van der Waals surface area contributed by atoms with Gasteiger partial charge >= 0.3 is 0 Å². The van der Waals surface area contributed by atoms with Gasteiger partial charge in [-0.15, -0.1) is 0 Å². The molecule has 0 spiro atoms. The van der Waals surface area contributed by atoms with E-state index < -0.39 is 0 Å². The van der Waals surface area contributed by atoms with Crippen LogP contribution in [0.1, 0.15) is 38.2 Å². The van der Waals surface area contributed by atoms with Crippen molar-refractivity contribution >= 4 is 5.91 Å². The molecular formula is C16H24N2O. The molecule has 1 unspecified atom stereocenters. The van der Waals surface area contributed by atoms with Gasteiger partial charge in [-0.2, -0.15) is 0 Å². The van der Waals surface area contributed by atoms with Gasteiger partial charge in [0, 0.05) is 6.54 Å². The largest absolute Gasteiger partial charge is 0.355 e. The minimum atomic E-state index is -0.248. The number of carbonyl (C=O) groups is 1. The van der Waals surface area contributed by atoms with Gasteiger partial charge in [-0.1, -0.05) is 43.7 Å². The molecule has 1 aliphatic rings. The van der Waals surface area contributed by atoms with Crippen LogP contribution in [-0.2, 0) is 10.2 Å². The molecule has 0 heterocycles. The zero-order valence-corrected chi connectivity index (χ0v) is 11.7. The van der Waals surface area contributed by atoms with Crippen molar-refractivity contribution in [2.75, 3.05) is 13.1 Å². The molecule has 1 aromatic carbocycles. The summed E-state index contributed by atoms with van der Waals surface area (Å²) in [4.78, 5) is 12.4. The molecule has 3 N–H and O–H groups in total. The fourth-order valence-corrected chi connectivity index (χ4v) is 2.62. The summed E-state index contributed by atoms with van der Waals surface area (Å²) < 4.78 is 0. The fraction of sp³-hybridized carbons (Fsp3) is 0.562. The van der Waals surface area contributed by atoms with Crippen molar-refractivity contribution in [3.8, 4) is 0 Å². The van der Waals surface area contributed by atoms with Gasteiger partial charge in [0.05, 0.1) is 5.41 Å². The summed E-state index contributed by atoms with van der Waals surface area (Å²) in [6.07, 6.45) is 3.98. The Morgan fingerprint density at radius 2 is 2.05 bits per heavy atom. The molecule has 104 valence electrons. The summed E-state index contributed by atoms with van der Waals surface area (Å²) in [5.41, 5.74) is 6.49. The van der Waals surface area contributed by atoms with Gasteiger partial charge in [-0.25, -0.2) is 0 Å².